The summed E-state index contributed by atoms with van der Waals surface area (Å²) in [5, 5.41) is 1.46. The molecule has 5 heteroatoms. The maximum atomic E-state index is 6.01. The fourth-order valence-corrected chi connectivity index (χ4v) is 2.81. The molecule has 0 aliphatic carbocycles. The number of nitrogens with one attached hydrogen (secondary N) is 1. The third-order valence-corrected chi connectivity index (χ3v) is 3.83. The van der Waals surface area contributed by atoms with Crippen LogP contribution in [-0.2, 0) is 5.75 Å². The summed E-state index contributed by atoms with van der Waals surface area (Å²) in [5.74, 6) is 0.756. The highest BCUT2D eigenvalue weighted by Gasteiger charge is 2.05. The van der Waals surface area contributed by atoms with Gasteiger partial charge in [0.15, 0.2) is 5.16 Å². The van der Waals surface area contributed by atoms with Gasteiger partial charge in [0.05, 0.1) is 11.0 Å². The molecule has 0 fully saturated rings. The number of aromatic amines is 1. The molecule has 0 atom stereocenters. The zero-order valence-electron chi connectivity index (χ0n) is 9.43. The van der Waals surface area contributed by atoms with E-state index < -0.39 is 0 Å². The second-order valence-corrected chi connectivity index (χ2v) is 5.12. The molecule has 2 heterocycles. The predicted molar refractivity (Wildman–Crippen MR) is 74.9 cm³/mol. The van der Waals surface area contributed by atoms with Crippen molar-refractivity contribution in [2.45, 2.75) is 10.9 Å². The molecule has 2 aromatic heterocycles. The molecule has 90 valence electrons. The van der Waals surface area contributed by atoms with Crippen molar-refractivity contribution in [2.24, 2.45) is 0 Å². The summed E-state index contributed by atoms with van der Waals surface area (Å²) >= 11 is 7.64. The van der Waals surface area contributed by atoms with E-state index in [1.165, 1.54) is 0 Å². The Morgan fingerprint density at radius 1 is 1.17 bits per heavy atom. The number of halogens is 1. The monoisotopic (exact) mass is 275 g/mol. The summed E-state index contributed by atoms with van der Waals surface area (Å²) < 4.78 is 0. The number of fused-ring (bicyclic) bond motifs is 1. The zero-order valence-corrected chi connectivity index (χ0v) is 11.0. The van der Waals surface area contributed by atoms with Crippen LogP contribution in [0.2, 0.25) is 5.15 Å². The maximum absolute atomic E-state index is 6.01. The van der Waals surface area contributed by atoms with Crippen LogP contribution >= 0.6 is 23.4 Å². The second kappa shape index (κ2) is 5.00. The van der Waals surface area contributed by atoms with Gasteiger partial charge in [0, 0.05) is 11.9 Å². The number of benzene rings is 1. The van der Waals surface area contributed by atoms with Crippen molar-refractivity contribution in [2.75, 3.05) is 0 Å². The van der Waals surface area contributed by atoms with Crippen molar-refractivity contribution in [3.05, 3.63) is 53.3 Å². The standard InChI is InChI=1S/C13H10ClN3S/c14-12-9(4-3-7-15-12)8-18-13-16-10-5-1-2-6-11(10)17-13/h1-7H,8H2,(H,16,17). The van der Waals surface area contributed by atoms with Crippen LogP contribution in [0, 0.1) is 0 Å². The van der Waals surface area contributed by atoms with Crippen LogP contribution in [0.25, 0.3) is 11.0 Å². The third kappa shape index (κ3) is 2.35. The van der Waals surface area contributed by atoms with Gasteiger partial charge in [-0.05, 0) is 23.8 Å². The lowest BCUT2D eigenvalue weighted by molar-refractivity contribution is 1.08. The van der Waals surface area contributed by atoms with Crippen molar-refractivity contribution >= 4 is 34.4 Å². The molecular formula is C13H10ClN3S. The molecule has 3 aromatic rings. The Bertz CT molecular complexity index is 648. The number of aromatic nitrogens is 3. The van der Waals surface area contributed by atoms with Crippen LogP contribution in [0.1, 0.15) is 5.56 Å². The molecule has 18 heavy (non-hydrogen) atoms. The normalized spacial score (nSPS) is 10.9. The van der Waals surface area contributed by atoms with Crippen LogP contribution in [0.3, 0.4) is 0 Å². The van der Waals surface area contributed by atoms with E-state index in [2.05, 4.69) is 15.0 Å². The molecule has 0 saturated heterocycles. The first kappa shape index (κ1) is 11.6. The molecule has 3 nitrogen and oxygen atoms in total. The minimum atomic E-state index is 0.557. The predicted octanol–water partition coefficient (Wildman–Crippen LogP) is 3.90. The van der Waals surface area contributed by atoms with Gasteiger partial charge in [-0.15, -0.1) is 0 Å². The van der Waals surface area contributed by atoms with E-state index >= 15 is 0 Å². The van der Waals surface area contributed by atoms with Gasteiger partial charge in [0.1, 0.15) is 5.15 Å². The first-order valence-electron chi connectivity index (χ1n) is 5.50. The summed E-state index contributed by atoms with van der Waals surface area (Å²) in [5.41, 5.74) is 3.05. The average Bonchev–Trinajstić information content (AvgIpc) is 2.80. The van der Waals surface area contributed by atoms with Crippen LogP contribution in [-0.4, -0.2) is 15.0 Å². The Kier molecular flexibility index (Phi) is 3.21. The summed E-state index contributed by atoms with van der Waals surface area (Å²) in [6.45, 7) is 0. The van der Waals surface area contributed by atoms with Gasteiger partial charge in [-0.2, -0.15) is 0 Å². The minimum absolute atomic E-state index is 0.557. The summed E-state index contributed by atoms with van der Waals surface area (Å²) in [4.78, 5) is 11.8. The molecule has 0 saturated carbocycles. The minimum Gasteiger partial charge on any atom is -0.333 e. The van der Waals surface area contributed by atoms with Crippen LogP contribution in [0.4, 0.5) is 0 Å². The van der Waals surface area contributed by atoms with E-state index in [9.17, 15) is 0 Å². The van der Waals surface area contributed by atoms with Crippen LogP contribution in [0.15, 0.2) is 47.8 Å². The van der Waals surface area contributed by atoms with E-state index in [4.69, 9.17) is 11.6 Å². The van der Waals surface area contributed by atoms with Crippen molar-refractivity contribution in [3.8, 4) is 0 Å². The molecule has 0 unspecified atom stereocenters. The Morgan fingerprint density at radius 3 is 2.89 bits per heavy atom. The van der Waals surface area contributed by atoms with Crippen molar-refractivity contribution in [1.82, 2.24) is 15.0 Å². The van der Waals surface area contributed by atoms with E-state index in [0.29, 0.717) is 5.15 Å². The molecule has 0 amide bonds. The fourth-order valence-electron chi connectivity index (χ4n) is 1.67. The topological polar surface area (TPSA) is 41.6 Å². The van der Waals surface area contributed by atoms with Crippen LogP contribution < -0.4 is 0 Å². The van der Waals surface area contributed by atoms with Gasteiger partial charge in [-0.1, -0.05) is 41.6 Å². The van der Waals surface area contributed by atoms with Crippen molar-refractivity contribution in [3.63, 3.8) is 0 Å². The molecule has 3 rings (SSSR count). The lowest BCUT2D eigenvalue weighted by Gasteiger charge is -2.00. The summed E-state index contributed by atoms with van der Waals surface area (Å²) in [6.07, 6.45) is 1.69. The number of nitrogens with zero attached hydrogens (tertiary/aromatic N) is 2. The molecular weight excluding hydrogens is 266 g/mol. The highest BCUT2D eigenvalue weighted by Crippen LogP contribution is 2.25. The van der Waals surface area contributed by atoms with Gasteiger partial charge in [-0.25, -0.2) is 9.97 Å². The quantitative estimate of drug-likeness (QED) is 0.582. The second-order valence-electron chi connectivity index (χ2n) is 3.80. The SMILES string of the molecule is Clc1ncccc1CSc1nc2ccccc2[nH]1. The average molecular weight is 276 g/mol. The van der Waals surface area contributed by atoms with E-state index in [0.717, 1.165) is 27.5 Å². The van der Waals surface area contributed by atoms with Crippen LogP contribution in [0.5, 0.6) is 0 Å². The first-order valence-corrected chi connectivity index (χ1v) is 6.86. The van der Waals surface area contributed by atoms with Gasteiger partial charge >= 0.3 is 0 Å². The number of hydrogen-bond acceptors (Lipinski definition) is 3. The molecule has 1 N–H and O–H groups in total. The number of H-pyrrole nitrogens is 1. The Hall–Kier alpha value is -1.52. The smallest absolute Gasteiger partial charge is 0.166 e. The summed E-state index contributed by atoms with van der Waals surface area (Å²) in [6, 6.07) is 11.9. The Labute approximate surface area is 114 Å². The highest BCUT2D eigenvalue weighted by molar-refractivity contribution is 7.98. The van der Waals surface area contributed by atoms with Crippen molar-refractivity contribution < 1.29 is 0 Å². The largest absolute Gasteiger partial charge is 0.333 e. The third-order valence-electron chi connectivity index (χ3n) is 2.57. The van der Waals surface area contributed by atoms with Gasteiger partial charge in [-0.3, -0.25) is 0 Å². The number of pyridine rings is 1. The maximum Gasteiger partial charge on any atom is 0.166 e. The van der Waals surface area contributed by atoms with Gasteiger partial charge in [0.2, 0.25) is 0 Å². The van der Waals surface area contributed by atoms with E-state index in [-0.39, 0.29) is 0 Å². The Morgan fingerprint density at radius 2 is 2.06 bits per heavy atom. The van der Waals surface area contributed by atoms with E-state index in [1.807, 2.05) is 36.4 Å². The number of imidazole rings is 1. The van der Waals surface area contributed by atoms with Crippen molar-refractivity contribution in [1.29, 1.82) is 0 Å². The lowest BCUT2D eigenvalue weighted by atomic mass is 10.3. The fraction of sp³-hybridized carbons (Fsp3) is 0.0769. The molecule has 0 aliphatic heterocycles. The molecule has 1 aromatic carbocycles. The number of hydrogen-bond donors (Lipinski definition) is 1. The van der Waals surface area contributed by atoms with E-state index in [1.54, 1.807) is 18.0 Å². The Balaban J connectivity index is 1.79. The molecule has 0 bridgehead atoms. The number of rotatable bonds is 3. The van der Waals surface area contributed by atoms with Gasteiger partial charge in [0.25, 0.3) is 0 Å². The number of thioether (sulfide) groups is 1. The summed E-state index contributed by atoms with van der Waals surface area (Å²) in [7, 11) is 0. The first-order chi connectivity index (χ1) is 8.83. The highest BCUT2D eigenvalue weighted by atomic mass is 35.5. The molecule has 0 aliphatic rings. The molecule has 0 radical (unpaired) electrons. The lowest BCUT2D eigenvalue weighted by Crippen LogP contribution is -1.85. The molecule has 0 spiro atoms. The number of para-hydroxylation sites is 2. The zero-order chi connectivity index (χ0) is 12.4. The van der Waals surface area contributed by atoms with Gasteiger partial charge < -0.3 is 4.98 Å².